The summed E-state index contributed by atoms with van der Waals surface area (Å²) in [6, 6.07) is 10.2. The first-order valence-electron chi connectivity index (χ1n) is 8.52. The van der Waals surface area contributed by atoms with Crippen LogP contribution in [0.2, 0.25) is 0 Å². The van der Waals surface area contributed by atoms with E-state index in [1.165, 1.54) is 24.3 Å². The Morgan fingerprint density at radius 2 is 2.00 bits per heavy atom. The molecule has 0 unspecified atom stereocenters. The van der Waals surface area contributed by atoms with Gasteiger partial charge in [-0.2, -0.15) is 0 Å². The second kappa shape index (κ2) is 8.18. The average Bonchev–Trinajstić information content (AvgIpc) is 3.12. The number of hydrogen-bond donors (Lipinski definition) is 1. The maximum atomic E-state index is 12.3. The van der Waals surface area contributed by atoms with Crippen LogP contribution in [0.4, 0.5) is 0 Å². The highest BCUT2D eigenvalue weighted by molar-refractivity contribution is 7.14. The van der Waals surface area contributed by atoms with E-state index in [0.29, 0.717) is 22.8 Å². The van der Waals surface area contributed by atoms with Gasteiger partial charge in [0.05, 0.1) is 11.4 Å². The number of amides is 1. The maximum Gasteiger partial charge on any atom is 0.336 e. The first-order chi connectivity index (χ1) is 13.0. The van der Waals surface area contributed by atoms with Crippen molar-refractivity contribution < 1.29 is 18.7 Å². The van der Waals surface area contributed by atoms with Gasteiger partial charge in [-0.1, -0.05) is 6.92 Å². The number of aryl methyl sites for hydroxylation is 1. The van der Waals surface area contributed by atoms with Crippen molar-refractivity contribution in [3.63, 3.8) is 0 Å². The molecule has 6 nitrogen and oxygen atoms in total. The van der Waals surface area contributed by atoms with Crippen LogP contribution in [0.1, 0.15) is 34.0 Å². The van der Waals surface area contributed by atoms with Crippen LogP contribution in [0, 0.1) is 0 Å². The van der Waals surface area contributed by atoms with Crippen molar-refractivity contribution in [2.75, 3.05) is 6.61 Å². The third-order valence-corrected chi connectivity index (χ3v) is 5.13. The van der Waals surface area contributed by atoms with E-state index in [1.807, 2.05) is 19.1 Å². The van der Waals surface area contributed by atoms with Crippen LogP contribution < -0.4 is 15.7 Å². The van der Waals surface area contributed by atoms with Gasteiger partial charge in [0.15, 0.2) is 6.61 Å². The predicted octanol–water partition coefficient (Wildman–Crippen LogP) is 3.31. The largest absolute Gasteiger partial charge is 0.485 e. The van der Waals surface area contributed by atoms with Gasteiger partial charge in [0.25, 0.3) is 0 Å². The molecular weight excluding hydrogens is 366 g/mol. The number of rotatable bonds is 7. The molecule has 0 radical (unpaired) electrons. The summed E-state index contributed by atoms with van der Waals surface area (Å²) in [6.07, 6.45) is 0.722. The smallest absolute Gasteiger partial charge is 0.336 e. The summed E-state index contributed by atoms with van der Waals surface area (Å²) >= 11 is 1.32. The van der Waals surface area contributed by atoms with Gasteiger partial charge >= 0.3 is 5.63 Å². The lowest BCUT2D eigenvalue weighted by Crippen LogP contribution is -2.18. The lowest BCUT2D eigenvalue weighted by molar-refractivity contribution is -0.119. The van der Waals surface area contributed by atoms with Gasteiger partial charge in [-0.15, -0.1) is 11.3 Å². The molecule has 0 fully saturated rings. The molecule has 27 heavy (non-hydrogen) atoms. The summed E-state index contributed by atoms with van der Waals surface area (Å²) in [5, 5.41) is 3.55. The predicted molar refractivity (Wildman–Crippen MR) is 104 cm³/mol. The van der Waals surface area contributed by atoms with Crippen molar-refractivity contribution in [2.45, 2.75) is 26.8 Å². The summed E-state index contributed by atoms with van der Waals surface area (Å²) in [7, 11) is 0. The second-order valence-corrected chi connectivity index (χ2v) is 7.16. The molecule has 2 aromatic heterocycles. The van der Waals surface area contributed by atoms with E-state index < -0.39 is 5.63 Å². The summed E-state index contributed by atoms with van der Waals surface area (Å²) in [6.45, 7) is 3.70. The van der Waals surface area contributed by atoms with Crippen LogP contribution in [-0.4, -0.2) is 18.3 Å². The number of carbonyl (C=O) groups is 2. The lowest BCUT2D eigenvalue weighted by atomic mass is 10.1. The van der Waals surface area contributed by atoms with E-state index in [1.54, 1.807) is 18.2 Å². The molecule has 140 valence electrons. The van der Waals surface area contributed by atoms with Crippen molar-refractivity contribution in [1.29, 1.82) is 0 Å². The number of benzene rings is 1. The Labute approximate surface area is 159 Å². The van der Waals surface area contributed by atoms with Gasteiger partial charge in [-0.25, -0.2) is 4.79 Å². The van der Waals surface area contributed by atoms with Crippen molar-refractivity contribution in [2.24, 2.45) is 0 Å². The molecule has 1 N–H and O–H groups in total. The molecule has 0 saturated heterocycles. The summed E-state index contributed by atoms with van der Waals surface area (Å²) in [5.74, 6) is 0.189. The molecule has 0 saturated carbocycles. The monoisotopic (exact) mass is 385 g/mol. The van der Waals surface area contributed by atoms with Crippen LogP contribution in [0.5, 0.6) is 5.75 Å². The minimum atomic E-state index is -0.405. The van der Waals surface area contributed by atoms with E-state index in [9.17, 15) is 14.4 Å². The van der Waals surface area contributed by atoms with E-state index in [4.69, 9.17) is 9.15 Å². The normalized spacial score (nSPS) is 10.7. The molecule has 2 heterocycles. The van der Waals surface area contributed by atoms with Crippen LogP contribution >= 0.6 is 11.3 Å². The highest BCUT2D eigenvalue weighted by Crippen LogP contribution is 2.23. The van der Waals surface area contributed by atoms with Gasteiger partial charge in [0, 0.05) is 29.3 Å². The number of ether oxygens (including phenoxy) is 1. The lowest BCUT2D eigenvalue weighted by Gasteiger charge is -2.07. The zero-order chi connectivity index (χ0) is 19.4. The molecule has 0 aliphatic rings. The number of thiophene rings is 1. The van der Waals surface area contributed by atoms with Crippen molar-refractivity contribution in [1.82, 2.24) is 5.32 Å². The Morgan fingerprint density at radius 3 is 2.74 bits per heavy atom. The number of Topliss-reactive ketones (excluding diaryl/α,β-unsaturated/α-hetero) is 1. The molecule has 1 aromatic carbocycles. The third-order valence-electron chi connectivity index (χ3n) is 4.00. The van der Waals surface area contributed by atoms with Gasteiger partial charge in [-0.3, -0.25) is 9.59 Å². The molecule has 0 atom stereocenters. The van der Waals surface area contributed by atoms with E-state index >= 15 is 0 Å². The molecule has 0 spiro atoms. The Morgan fingerprint density at radius 1 is 1.19 bits per heavy atom. The topological polar surface area (TPSA) is 85.6 Å². The average molecular weight is 385 g/mol. The fourth-order valence-corrected chi connectivity index (χ4v) is 3.52. The molecule has 3 rings (SSSR count). The summed E-state index contributed by atoms with van der Waals surface area (Å²) in [5.41, 5.74) is 0.949. The number of ketones is 1. The van der Waals surface area contributed by atoms with Crippen LogP contribution in [0.3, 0.4) is 0 Å². The van der Waals surface area contributed by atoms with Gasteiger partial charge in [0.2, 0.25) is 11.7 Å². The molecule has 0 aliphatic carbocycles. The van der Waals surface area contributed by atoms with E-state index in [0.717, 1.165) is 22.2 Å². The van der Waals surface area contributed by atoms with Gasteiger partial charge in [-0.05, 0) is 36.2 Å². The number of fused-ring (bicyclic) bond motifs is 1. The van der Waals surface area contributed by atoms with Crippen molar-refractivity contribution in [3.8, 4) is 5.75 Å². The number of nitrogens with one attached hydrogen (secondary N) is 1. The van der Waals surface area contributed by atoms with Gasteiger partial charge in [0.1, 0.15) is 11.3 Å². The first-order valence-corrected chi connectivity index (χ1v) is 9.34. The fraction of sp³-hybridized carbons (Fsp3) is 0.250. The van der Waals surface area contributed by atoms with E-state index in [-0.39, 0.29) is 18.3 Å². The fourth-order valence-electron chi connectivity index (χ4n) is 2.65. The Hall–Kier alpha value is -2.93. The molecule has 7 heteroatoms. The SMILES string of the molecule is CCc1cc(=O)oc2cc(OCC(=O)c3ccc(CNC(C)=O)s3)ccc12. The highest BCUT2D eigenvalue weighted by atomic mass is 32.1. The molecule has 1 amide bonds. The van der Waals surface area contributed by atoms with Gasteiger partial charge < -0.3 is 14.5 Å². The summed E-state index contributed by atoms with van der Waals surface area (Å²) in [4.78, 5) is 36.4. The maximum absolute atomic E-state index is 12.3. The summed E-state index contributed by atoms with van der Waals surface area (Å²) < 4.78 is 10.8. The quantitative estimate of drug-likeness (QED) is 0.498. The molecule has 0 aliphatic heterocycles. The minimum Gasteiger partial charge on any atom is -0.485 e. The van der Waals surface area contributed by atoms with E-state index in [2.05, 4.69) is 5.32 Å². The second-order valence-electron chi connectivity index (χ2n) is 5.99. The molecule has 0 bridgehead atoms. The van der Waals surface area contributed by atoms with Crippen LogP contribution in [0.25, 0.3) is 11.0 Å². The van der Waals surface area contributed by atoms with Crippen LogP contribution in [0.15, 0.2) is 45.6 Å². The molecular formula is C20H19NO5S. The Balaban J connectivity index is 1.68. The minimum absolute atomic E-state index is 0.117. The van der Waals surface area contributed by atoms with Crippen molar-refractivity contribution >= 4 is 34.0 Å². The third kappa shape index (κ3) is 4.62. The molecule has 3 aromatic rings. The first kappa shape index (κ1) is 18.8. The zero-order valence-electron chi connectivity index (χ0n) is 15.0. The standard InChI is InChI=1S/C20H19NO5S/c1-3-13-8-20(24)26-18-9-14(4-6-16(13)18)25-11-17(23)19-7-5-15(27-19)10-21-12(2)22/h4-9H,3,10-11H2,1-2H3,(H,21,22). The number of carbonyl (C=O) groups excluding carboxylic acids is 2. The Kier molecular flexibility index (Phi) is 5.71. The zero-order valence-corrected chi connectivity index (χ0v) is 15.9. The number of hydrogen-bond acceptors (Lipinski definition) is 6. The highest BCUT2D eigenvalue weighted by Gasteiger charge is 2.12. The van der Waals surface area contributed by atoms with Crippen LogP contribution in [-0.2, 0) is 17.8 Å². The Bertz CT molecular complexity index is 1050. The van der Waals surface area contributed by atoms with Crippen molar-refractivity contribution in [3.05, 3.63) is 62.1 Å².